The predicted molar refractivity (Wildman–Crippen MR) is 79.6 cm³/mol. The minimum atomic E-state index is -0.963. The second kappa shape index (κ2) is 6.59. The van der Waals surface area contributed by atoms with Gasteiger partial charge in [-0.1, -0.05) is 6.92 Å². The molecule has 1 aromatic heterocycles. The Morgan fingerprint density at radius 3 is 3.05 bits per heavy atom. The first kappa shape index (κ1) is 14.6. The van der Waals surface area contributed by atoms with E-state index in [2.05, 4.69) is 39.6 Å². The summed E-state index contributed by atoms with van der Waals surface area (Å²) >= 11 is 4.66. The van der Waals surface area contributed by atoms with Crippen molar-refractivity contribution in [3.63, 3.8) is 0 Å². The molecule has 5 nitrogen and oxygen atoms in total. The molecule has 0 unspecified atom stereocenters. The van der Waals surface area contributed by atoms with Gasteiger partial charge in [0.1, 0.15) is 0 Å². The molecule has 0 radical (unpaired) electrons. The Bertz CT molecular complexity index is 543. The molecule has 2 N–H and O–H groups in total. The van der Waals surface area contributed by atoms with Crippen molar-refractivity contribution in [1.29, 1.82) is 0 Å². The van der Waals surface area contributed by atoms with E-state index in [0.717, 1.165) is 30.5 Å². The molecule has 3 atom stereocenters. The molecular weight excluding hydrogens is 274 g/mol. The topological polar surface area (TPSA) is 74.6 Å². The average molecular weight is 291 g/mol. The van der Waals surface area contributed by atoms with Crippen LogP contribution in [0.3, 0.4) is 0 Å². The van der Waals surface area contributed by atoms with E-state index in [1.807, 2.05) is 6.07 Å². The fourth-order valence-electron chi connectivity index (χ4n) is 3.03. The van der Waals surface area contributed by atoms with Crippen molar-refractivity contribution in [2.45, 2.75) is 38.1 Å². The van der Waals surface area contributed by atoms with Gasteiger partial charge in [-0.2, -0.15) is 4.99 Å². The molecule has 1 heterocycles. The van der Waals surface area contributed by atoms with Crippen molar-refractivity contribution in [2.75, 3.05) is 0 Å². The summed E-state index contributed by atoms with van der Waals surface area (Å²) in [6.45, 7) is 2.14. The van der Waals surface area contributed by atoms with Crippen LogP contribution >= 0.6 is 12.2 Å². The Hall–Kier alpha value is -1.78. The molecular formula is C14H17N3O2S. The number of amides is 1. The summed E-state index contributed by atoms with van der Waals surface area (Å²) in [5.74, 6) is 0.726. The molecule has 6 heteroatoms. The monoisotopic (exact) mass is 291 g/mol. The van der Waals surface area contributed by atoms with Gasteiger partial charge in [-0.3, -0.25) is 4.98 Å². The molecule has 1 aliphatic carbocycles. The number of aromatic nitrogens is 1. The highest BCUT2D eigenvalue weighted by atomic mass is 32.1. The zero-order valence-electron chi connectivity index (χ0n) is 11.2. The number of hydrogen-bond acceptors (Lipinski definition) is 4. The van der Waals surface area contributed by atoms with Gasteiger partial charge in [0.05, 0.1) is 17.0 Å². The van der Waals surface area contributed by atoms with Gasteiger partial charge in [0.25, 0.3) is 0 Å². The first-order valence-electron chi connectivity index (χ1n) is 6.61. The van der Waals surface area contributed by atoms with Gasteiger partial charge in [0, 0.05) is 12.2 Å². The van der Waals surface area contributed by atoms with E-state index in [-0.39, 0.29) is 12.0 Å². The van der Waals surface area contributed by atoms with Crippen LogP contribution in [-0.2, 0) is 0 Å². The molecule has 20 heavy (non-hydrogen) atoms. The minimum absolute atomic E-state index is 0.0151. The van der Waals surface area contributed by atoms with Gasteiger partial charge in [-0.15, -0.1) is 0 Å². The first-order valence-corrected chi connectivity index (χ1v) is 7.02. The molecule has 2 rings (SSSR count). The van der Waals surface area contributed by atoms with Crippen LogP contribution in [0, 0.1) is 5.92 Å². The smallest absolute Gasteiger partial charge is 0.404 e. The van der Waals surface area contributed by atoms with Gasteiger partial charge < -0.3 is 10.4 Å². The average Bonchev–Trinajstić information content (AvgIpc) is 2.38. The van der Waals surface area contributed by atoms with E-state index in [4.69, 9.17) is 5.11 Å². The lowest BCUT2D eigenvalue weighted by Gasteiger charge is -2.33. The lowest BCUT2D eigenvalue weighted by Crippen LogP contribution is -2.39. The Balaban J connectivity index is 2.23. The summed E-state index contributed by atoms with van der Waals surface area (Å²) in [7, 11) is 0. The van der Waals surface area contributed by atoms with Crippen LogP contribution in [0.1, 0.15) is 37.7 Å². The molecule has 1 fully saturated rings. The fourth-order valence-corrected chi connectivity index (χ4v) is 3.13. The highest BCUT2D eigenvalue weighted by Gasteiger charge is 2.29. The van der Waals surface area contributed by atoms with Gasteiger partial charge in [0.15, 0.2) is 0 Å². The molecule has 0 aliphatic heterocycles. The maximum absolute atomic E-state index is 10.8. The SMILES string of the molecule is C[C@@H]1C[C@H](NC(=O)O)C[C@H](c2ccncc2N=C=S)C1. The normalized spacial score (nSPS) is 25.6. The predicted octanol–water partition coefficient (Wildman–Crippen LogP) is 3.36. The Labute approximate surface area is 123 Å². The third kappa shape index (κ3) is 3.62. The molecule has 1 aliphatic rings. The third-order valence-corrected chi connectivity index (χ3v) is 3.80. The maximum atomic E-state index is 10.8. The number of rotatable bonds is 3. The molecule has 0 aromatic carbocycles. The van der Waals surface area contributed by atoms with E-state index < -0.39 is 6.09 Å². The standard InChI is InChI=1S/C14H17N3O2S/c1-9-4-10(6-11(5-9)17-14(18)19)12-2-3-15-7-13(12)16-8-20/h2-3,7,9-11,17H,4-6H2,1H3,(H,18,19)/t9-,10+,11-/m0/s1. The molecule has 0 spiro atoms. The summed E-state index contributed by atoms with van der Waals surface area (Å²) in [5, 5.41) is 13.9. The lowest BCUT2D eigenvalue weighted by atomic mass is 9.76. The van der Waals surface area contributed by atoms with Crippen molar-refractivity contribution in [2.24, 2.45) is 10.9 Å². The van der Waals surface area contributed by atoms with E-state index in [0.29, 0.717) is 5.92 Å². The molecule has 106 valence electrons. The number of aliphatic imine (C=N–C) groups is 1. The van der Waals surface area contributed by atoms with Crippen LogP contribution in [0.15, 0.2) is 23.5 Å². The first-order chi connectivity index (χ1) is 9.60. The van der Waals surface area contributed by atoms with Crippen molar-refractivity contribution >= 4 is 29.2 Å². The highest BCUT2D eigenvalue weighted by molar-refractivity contribution is 7.78. The number of pyridine rings is 1. The van der Waals surface area contributed by atoms with Gasteiger partial charge in [-0.25, -0.2) is 4.79 Å². The number of nitrogens with one attached hydrogen (secondary N) is 1. The Kier molecular flexibility index (Phi) is 4.82. The molecule has 0 bridgehead atoms. The Morgan fingerprint density at radius 1 is 1.55 bits per heavy atom. The van der Waals surface area contributed by atoms with Crippen molar-refractivity contribution in [3.8, 4) is 0 Å². The zero-order chi connectivity index (χ0) is 14.5. The van der Waals surface area contributed by atoms with Crippen molar-refractivity contribution in [3.05, 3.63) is 24.0 Å². The lowest BCUT2D eigenvalue weighted by molar-refractivity contribution is 0.179. The van der Waals surface area contributed by atoms with Gasteiger partial charge >= 0.3 is 6.09 Å². The molecule has 1 amide bonds. The van der Waals surface area contributed by atoms with Gasteiger partial charge in [-0.05, 0) is 54.9 Å². The number of isothiocyanates is 1. The van der Waals surface area contributed by atoms with Crippen LogP contribution in [-0.4, -0.2) is 27.4 Å². The highest BCUT2D eigenvalue weighted by Crippen LogP contribution is 2.39. The quantitative estimate of drug-likeness (QED) is 0.661. The summed E-state index contributed by atoms with van der Waals surface area (Å²) in [5.41, 5.74) is 1.80. The zero-order valence-corrected chi connectivity index (χ0v) is 12.1. The van der Waals surface area contributed by atoms with E-state index in [1.165, 1.54) is 0 Å². The van der Waals surface area contributed by atoms with E-state index in [9.17, 15) is 4.79 Å². The summed E-state index contributed by atoms with van der Waals surface area (Å²) in [4.78, 5) is 18.9. The second-order valence-electron chi connectivity index (χ2n) is 5.29. The maximum Gasteiger partial charge on any atom is 0.404 e. The van der Waals surface area contributed by atoms with Crippen molar-refractivity contribution < 1.29 is 9.90 Å². The third-order valence-electron chi connectivity index (χ3n) is 3.71. The second-order valence-corrected chi connectivity index (χ2v) is 5.48. The van der Waals surface area contributed by atoms with Crippen molar-refractivity contribution in [1.82, 2.24) is 10.3 Å². The number of carboxylic acid groups (broad SMARTS) is 1. The van der Waals surface area contributed by atoms with Crippen LogP contribution in [0.4, 0.5) is 10.5 Å². The minimum Gasteiger partial charge on any atom is -0.465 e. The number of carbonyl (C=O) groups is 1. The van der Waals surface area contributed by atoms with Gasteiger partial charge in [0.2, 0.25) is 0 Å². The summed E-state index contributed by atoms with van der Waals surface area (Å²) < 4.78 is 0. The van der Waals surface area contributed by atoms with Crippen LogP contribution < -0.4 is 5.32 Å². The van der Waals surface area contributed by atoms with Crippen LogP contribution in [0.2, 0.25) is 0 Å². The number of hydrogen-bond donors (Lipinski definition) is 2. The molecule has 1 saturated carbocycles. The summed E-state index contributed by atoms with van der Waals surface area (Å²) in [6, 6.07) is 1.92. The Morgan fingerprint density at radius 2 is 2.35 bits per heavy atom. The van der Waals surface area contributed by atoms with E-state index >= 15 is 0 Å². The van der Waals surface area contributed by atoms with E-state index in [1.54, 1.807) is 12.4 Å². The fraction of sp³-hybridized carbons (Fsp3) is 0.500. The summed E-state index contributed by atoms with van der Waals surface area (Å²) in [6.07, 6.45) is 5.11. The van der Waals surface area contributed by atoms with Crippen LogP contribution in [0.5, 0.6) is 0 Å². The molecule has 0 saturated heterocycles. The van der Waals surface area contributed by atoms with Crippen LogP contribution in [0.25, 0.3) is 0 Å². The number of nitrogens with zero attached hydrogens (tertiary/aromatic N) is 2. The molecule has 1 aromatic rings. The number of thiocarbonyl (C=S) groups is 1. The largest absolute Gasteiger partial charge is 0.465 e.